The predicted molar refractivity (Wildman–Crippen MR) is 164 cm³/mol. The molecule has 45 heavy (non-hydrogen) atoms. The first kappa shape index (κ1) is 31.3. The van der Waals surface area contributed by atoms with Crippen LogP contribution in [-0.2, 0) is 14.4 Å². The number of amides is 2. The molecule has 2 bridgehead atoms. The van der Waals surface area contributed by atoms with Crippen molar-refractivity contribution < 1.29 is 37.8 Å². The molecule has 0 radical (unpaired) electrons. The molecule has 0 aromatic heterocycles. The van der Waals surface area contributed by atoms with Crippen LogP contribution in [0.3, 0.4) is 0 Å². The zero-order chi connectivity index (χ0) is 32.1. The largest absolute Gasteiger partial charge is 0.421 e. The molecule has 3 aromatic carbocycles. The molecular weight excluding hydrogens is 581 g/mol. The number of nitrogens with one attached hydrogen (secondary N) is 1. The van der Waals surface area contributed by atoms with Crippen LogP contribution in [0, 0.1) is 18.7 Å². The van der Waals surface area contributed by atoms with Crippen molar-refractivity contribution in [1.82, 2.24) is 4.90 Å². The number of carbonyl (C=O) groups excluding carboxylic acids is 5. The van der Waals surface area contributed by atoms with E-state index in [0.717, 1.165) is 17.7 Å². The number of ether oxygens (including phenoxy) is 2. The van der Waals surface area contributed by atoms with Crippen LogP contribution in [0.15, 0.2) is 72.8 Å². The van der Waals surface area contributed by atoms with Gasteiger partial charge in [-0.1, -0.05) is 17.7 Å². The molecule has 0 spiro atoms. The summed E-state index contributed by atoms with van der Waals surface area (Å²) in [4.78, 5) is 67.7. The fourth-order valence-electron chi connectivity index (χ4n) is 5.36. The number of hydrogen-bond donors (Lipinski definition) is 1. The Morgan fingerprint density at radius 2 is 1.56 bits per heavy atom. The Balaban J connectivity index is 1.38. The average Bonchev–Trinajstić information content (AvgIpc) is 3.05. The van der Waals surface area contributed by atoms with Crippen LogP contribution in [-0.4, -0.2) is 60.6 Å². The summed E-state index contributed by atoms with van der Waals surface area (Å²) in [6.45, 7) is 5.18. The highest BCUT2D eigenvalue weighted by molar-refractivity contribution is 6.11. The van der Waals surface area contributed by atoms with E-state index >= 15 is 0 Å². The van der Waals surface area contributed by atoms with Crippen LogP contribution in [0.1, 0.15) is 46.0 Å². The number of hydrogen-bond acceptors (Lipinski definition) is 8. The van der Waals surface area contributed by atoms with E-state index in [0.29, 0.717) is 43.7 Å². The Morgan fingerprint density at radius 1 is 0.911 bits per heavy atom. The predicted octanol–water partition coefficient (Wildman–Crippen LogP) is 4.71. The number of carbonyl (C=O) groups is 5. The first-order valence-electron chi connectivity index (χ1n) is 14.6. The van der Waals surface area contributed by atoms with Crippen LogP contribution in [0.2, 0.25) is 0 Å². The molecule has 0 saturated carbocycles. The van der Waals surface area contributed by atoms with E-state index in [1.54, 1.807) is 4.90 Å². The quantitative estimate of drug-likeness (QED) is 0.220. The number of anilines is 2. The zero-order valence-corrected chi connectivity index (χ0v) is 24.9. The second-order valence-electron chi connectivity index (χ2n) is 11.0. The van der Waals surface area contributed by atoms with Crippen LogP contribution in [0.5, 0.6) is 11.5 Å². The van der Waals surface area contributed by atoms with Crippen LogP contribution < -0.4 is 19.7 Å². The van der Waals surface area contributed by atoms with Gasteiger partial charge in [0.05, 0.1) is 5.56 Å². The molecule has 2 aliphatic heterocycles. The molecule has 1 fully saturated rings. The highest BCUT2D eigenvalue weighted by atomic mass is 19.1. The number of likely N-dealkylation sites (tertiary alicyclic amines) is 1. The molecule has 0 atom stereocenters. The van der Waals surface area contributed by atoms with Crippen molar-refractivity contribution in [2.24, 2.45) is 5.92 Å². The summed E-state index contributed by atoms with van der Waals surface area (Å²) in [5.74, 6) is -3.70. The van der Waals surface area contributed by atoms with E-state index in [1.165, 1.54) is 43.3 Å². The SMILES string of the molecule is CC(=O)Nc1c2ccc(C(=O)N(CCN3CCC(C(=O)c4ccc(F)cc4)CC3)c3ccc(C)cc3)c1OC(=O)/C=C/C(=O)O2. The van der Waals surface area contributed by atoms with Crippen molar-refractivity contribution in [3.63, 3.8) is 0 Å². The van der Waals surface area contributed by atoms with Crippen molar-refractivity contribution in [1.29, 1.82) is 0 Å². The van der Waals surface area contributed by atoms with Gasteiger partial charge in [0.25, 0.3) is 5.91 Å². The van der Waals surface area contributed by atoms with Crippen molar-refractivity contribution in [2.45, 2.75) is 26.7 Å². The summed E-state index contributed by atoms with van der Waals surface area (Å²) in [6, 6.07) is 15.7. The number of benzene rings is 3. The maximum atomic E-state index is 14.2. The third-order valence-corrected chi connectivity index (χ3v) is 7.74. The van der Waals surface area contributed by atoms with Gasteiger partial charge >= 0.3 is 11.9 Å². The fraction of sp³-hybridized carbons (Fsp3) is 0.265. The summed E-state index contributed by atoms with van der Waals surface area (Å²) in [6.07, 6.45) is 3.03. The summed E-state index contributed by atoms with van der Waals surface area (Å²) in [5.41, 5.74) is 1.96. The van der Waals surface area contributed by atoms with Gasteiger partial charge in [-0.05, 0) is 81.4 Å². The number of Topliss-reactive ketones (excluding diaryl/α,β-unsaturated/α-hetero) is 1. The molecule has 2 aliphatic rings. The van der Waals surface area contributed by atoms with Crippen LogP contribution in [0.4, 0.5) is 15.8 Å². The van der Waals surface area contributed by atoms with E-state index in [-0.39, 0.29) is 46.8 Å². The van der Waals surface area contributed by atoms with Gasteiger partial charge in [-0.3, -0.25) is 14.4 Å². The van der Waals surface area contributed by atoms with Gasteiger partial charge in [-0.15, -0.1) is 0 Å². The molecule has 1 N–H and O–H groups in total. The van der Waals surface area contributed by atoms with Crippen LogP contribution in [0.25, 0.3) is 0 Å². The lowest BCUT2D eigenvalue weighted by Gasteiger charge is -2.33. The number of aryl methyl sites for hydroxylation is 1. The van der Waals surface area contributed by atoms with Crippen molar-refractivity contribution >= 4 is 40.9 Å². The lowest BCUT2D eigenvalue weighted by molar-refractivity contribution is -0.131. The van der Waals surface area contributed by atoms with Gasteiger partial charge in [0, 0.05) is 49.3 Å². The monoisotopic (exact) mass is 613 g/mol. The zero-order valence-electron chi connectivity index (χ0n) is 24.9. The highest BCUT2D eigenvalue weighted by Crippen LogP contribution is 2.40. The molecule has 1 saturated heterocycles. The summed E-state index contributed by atoms with van der Waals surface area (Å²) >= 11 is 0. The number of nitrogens with zero attached hydrogens (tertiary/aromatic N) is 2. The van der Waals surface area contributed by atoms with E-state index in [2.05, 4.69) is 10.2 Å². The van der Waals surface area contributed by atoms with E-state index in [1.807, 2.05) is 31.2 Å². The Labute approximate surface area is 259 Å². The summed E-state index contributed by atoms with van der Waals surface area (Å²) in [5, 5.41) is 2.53. The van der Waals surface area contributed by atoms with Crippen molar-refractivity contribution in [2.75, 3.05) is 36.4 Å². The minimum atomic E-state index is -0.924. The number of ketones is 1. The molecule has 5 rings (SSSR count). The standard InChI is InChI=1S/C34H32FN3O7/c1-21-3-9-26(10-4-21)38(20-19-37-17-15-24(16-18-37)32(42)23-5-7-25(35)8-6-23)34(43)27-11-12-28-31(36-22(2)39)33(27)45-30(41)14-13-29(40)44-28/h3-14,24H,15-20H2,1-2H3,(H,36,39)/b14-13+. The average molecular weight is 614 g/mol. The normalized spacial score (nSPS) is 16.0. The molecule has 10 nitrogen and oxygen atoms in total. The smallest absolute Gasteiger partial charge is 0.336 e. The maximum Gasteiger partial charge on any atom is 0.336 e. The number of esters is 2. The molecule has 2 amide bonds. The molecule has 0 unspecified atom stereocenters. The van der Waals surface area contributed by atoms with Gasteiger partial charge in [0.15, 0.2) is 17.3 Å². The molecule has 2 heterocycles. The fourth-order valence-corrected chi connectivity index (χ4v) is 5.36. The number of rotatable bonds is 8. The molecule has 3 aromatic rings. The summed E-state index contributed by atoms with van der Waals surface area (Å²) in [7, 11) is 0. The molecule has 11 heteroatoms. The summed E-state index contributed by atoms with van der Waals surface area (Å²) < 4.78 is 24.1. The number of piperidine rings is 1. The first-order chi connectivity index (χ1) is 21.6. The second-order valence-corrected chi connectivity index (χ2v) is 11.0. The minimum absolute atomic E-state index is 0.00362. The van der Waals surface area contributed by atoms with E-state index < -0.39 is 23.8 Å². The Morgan fingerprint density at radius 3 is 2.20 bits per heavy atom. The third-order valence-electron chi connectivity index (χ3n) is 7.74. The van der Waals surface area contributed by atoms with E-state index in [9.17, 15) is 28.4 Å². The Hall–Kier alpha value is -5.16. The Bertz CT molecular complexity index is 1660. The van der Waals surface area contributed by atoms with Gasteiger partial charge < -0.3 is 24.6 Å². The first-order valence-corrected chi connectivity index (χ1v) is 14.6. The molecular formula is C34H32FN3O7. The van der Waals surface area contributed by atoms with Gasteiger partial charge in [-0.25, -0.2) is 14.0 Å². The van der Waals surface area contributed by atoms with E-state index in [4.69, 9.17) is 9.47 Å². The second kappa shape index (κ2) is 13.6. The van der Waals surface area contributed by atoms with Crippen LogP contribution >= 0.6 is 0 Å². The van der Waals surface area contributed by atoms with Crippen molar-refractivity contribution in [3.8, 4) is 11.5 Å². The number of halogens is 1. The molecule has 232 valence electrons. The van der Waals surface area contributed by atoms with Gasteiger partial charge in [0.1, 0.15) is 11.5 Å². The minimum Gasteiger partial charge on any atom is -0.421 e. The lowest BCUT2D eigenvalue weighted by atomic mass is 9.89. The van der Waals surface area contributed by atoms with Crippen molar-refractivity contribution in [3.05, 3.63) is 95.3 Å². The maximum absolute atomic E-state index is 14.2. The highest BCUT2D eigenvalue weighted by Gasteiger charge is 2.30. The topological polar surface area (TPSA) is 122 Å². The molecule has 0 aliphatic carbocycles. The van der Waals surface area contributed by atoms with Gasteiger partial charge in [-0.2, -0.15) is 0 Å². The lowest BCUT2D eigenvalue weighted by Crippen LogP contribution is -2.43. The van der Waals surface area contributed by atoms with Gasteiger partial charge in [0.2, 0.25) is 5.91 Å². The third kappa shape index (κ3) is 7.50. The number of fused-ring (bicyclic) bond motifs is 2. The Kier molecular flexibility index (Phi) is 9.48.